The van der Waals surface area contributed by atoms with Crippen molar-refractivity contribution in [3.63, 3.8) is 0 Å². The van der Waals surface area contributed by atoms with Gasteiger partial charge in [0.15, 0.2) is 5.78 Å². The third-order valence-corrected chi connectivity index (χ3v) is 4.34. The van der Waals surface area contributed by atoms with Crippen LogP contribution in [0.15, 0.2) is 22.8 Å². The Kier molecular flexibility index (Phi) is 4.37. The van der Waals surface area contributed by atoms with Crippen molar-refractivity contribution >= 4 is 39.1 Å². The lowest BCUT2D eigenvalue weighted by Gasteiger charge is -1.93. The lowest BCUT2D eigenvalue weighted by atomic mass is 10.1. The number of halogens is 1. The van der Waals surface area contributed by atoms with Crippen LogP contribution in [0.2, 0.25) is 0 Å². The molecule has 0 aliphatic carbocycles. The number of allylic oxidation sites excluding steroid dienone is 1. The van der Waals surface area contributed by atoms with Crippen molar-refractivity contribution in [1.29, 1.82) is 0 Å². The van der Waals surface area contributed by atoms with Crippen LogP contribution in [0, 0.1) is 13.8 Å². The third-order valence-electron chi connectivity index (χ3n) is 2.77. The Labute approximate surface area is 125 Å². The van der Waals surface area contributed by atoms with E-state index < -0.39 is 0 Å². The van der Waals surface area contributed by atoms with E-state index in [4.69, 9.17) is 0 Å². The van der Waals surface area contributed by atoms with E-state index in [0.29, 0.717) is 0 Å². The fourth-order valence-corrected chi connectivity index (χ4v) is 3.18. The van der Waals surface area contributed by atoms with E-state index in [0.717, 1.165) is 32.0 Å². The first-order valence-electron chi connectivity index (χ1n) is 6.03. The first-order valence-corrected chi connectivity index (χ1v) is 7.64. The molecule has 0 aromatic carbocycles. The molecule has 0 aliphatic heterocycles. The first kappa shape index (κ1) is 14.2. The van der Waals surface area contributed by atoms with Gasteiger partial charge in [0.1, 0.15) is 0 Å². The van der Waals surface area contributed by atoms with Crippen LogP contribution in [-0.4, -0.2) is 15.6 Å². The van der Waals surface area contributed by atoms with Crippen molar-refractivity contribution in [3.8, 4) is 0 Å². The number of carbonyl (C=O) groups excluding carboxylic acids is 1. The predicted molar refractivity (Wildman–Crippen MR) is 82.8 cm³/mol. The Bertz CT molecular complexity index is 640. The molecule has 0 spiro atoms. The van der Waals surface area contributed by atoms with Gasteiger partial charge in [-0.05, 0) is 54.9 Å². The van der Waals surface area contributed by atoms with Gasteiger partial charge < -0.3 is 0 Å². The van der Waals surface area contributed by atoms with Gasteiger partial charge in [-0.3, -0.25) is 9.48 Å². The summed E-state index contributed by atoms with van der Waals surface area (Å²) in [4.78, 5) is 14.3. The van der Waals surface area contributed by atoms with Crippen molar-refractivity contribution in [2.45, 2.75) is 27.3 Å². The van der Waals surface area contributed by atoms with Crippen molar-refractivity contribution < 1.29 is 4.79 Å². The molecule has 0 radical (unpaired) electrons. The molecule has 0 bridgehead atoms. The standard InChI is InChI=1S/C14H15BrN2OS/c1-4-17-8-12(15)13(16-17)5-6-14(18)11-7-9(2)19-10(11)3/h5-8H,4H2,1-3H3/b6-5+. The van der Waals surface area contributed by atoms with E-state index in [1.807, 2.05) is 37.7 Å². The Hall–Kier alpha value is -1.20. The Morgan fingerprint density at radius 2 is 2.26 bits per heavy atom. The molecule has 2 aromatic rings. The summed E-state index contributed by atoms with van der Waals surface area (Å²) in [6, 6.07) is 1.94. The van der Waals surface area contributed by atoms with E-state index >= 15 is 0 Å². The number of carbonyl (C=O) groups is 1. The molecule has 2 rings (SSSR count). The van der Waals surface area contributed by atoms with E-state index in [-0.39, 0.29) is 5.78 Å². The monoisotopic (exact) mass is 338 g/mol. The summed E-state index contributed by atoms with van der Waals surface area (Å²) in [7, 11) is 0. The topological polar surface area (TPSA) is 34.9 Å². The number of aryl methyl sites for hydroxylation is 3. The molecule has 0 atom stereocenters. The number of aromatic nitrogens is 2. The molecule has 2 aromatic heterocycles. The van der Waals surface area contributed by atoms with Crippen LogP contribution in [0.3, 0.4) is 0 Å². The largest absolute Gasteiger partial charge is 0.289 e. The predicted octanol–water partition coefficient (Wildman–Crippen LogP) is 4.24. The zero-order chi connectivity index (χ0) is 14.0. The highest BCUT2D eigenvalue weighted by molar-refractivity contribution is 9.10. The van der Waals surface area contributed by atoms with E-state index in [1.165, 1.54) is 0 Å². The summed E-state index contributed by atoms with van der Waals surface area (Å²) in [5.41, 5.74) is 1.56. The number of rotatable bonds is 4. The Morgan fingerprint density at radius 1 is 1.53 bits per heavy atom. The van der Waals surface area contributed by atoms with Crippen LogP contribution in [0.4, 0.5) is 0 Å². The summed E-state index contributed by atoms with van der Waals surface area (Å²) in [6.45, 7) is 6.82. The smallest absolute Gasteiger partial charge is 0.187 e. The number of ketones is 1. The maximum atomic E-state index is 12.1. The molecule has 0 fully saturated rings. The SMILES string of the molecule is CCn1cc(Br)c(/C=C/C(=O)c2cc(C)sc2C)n1. The highest BCUT2D eigenvalue weighted by atomic mass is 79.9. The molecule has 2 heterocycles. The zero-order valence-electron chi connectivity index (χ0n) is 11.1. The molecule has 0 aliphatic rings. The van der Waals surface area contributed by atoms with Gasteiger partial charge in [-0.2, -0.15) is 5.10 Å². The molecular weight excluding hydrogens is 324 g/mol. The minimum atomic E-state index is 0.0276. The van der Waals surface area contributed by atoms with Crippen LogP contribution in [0.1, 0.15) is 32.7 Å². The number of thiophene rings is 1. The van der Waals surface area contributed by atoms with Gasteiger partial charge in [-0.25, -0.2) is 0 Å². The summed E-state index contributed by atoms with van der Waals surface area (Å²) >= 11 is 5.09. The van der Waals surface area contributed by atoms with Crippen LogP contribution in [-0.2, 0) is 6.54 Å². The number of hydrogen-bond acceptors (Lipinski definition) is 3. The second-order valence-corrected chi connectivity index (χ2v) is 6.56. The average Bonchev–Trinajstić information content (AvgIpc) is 2.89. The summed E-state index contributed by atoms with van der Waals surface area (Å²) in [6.07, 6.45) is 5.25. The third kappa shape index (κ3) is 3.22. The van der Waals surface area contributed by atoms with Gasteiger partial charge in [-0.15, -0.1) is 11.3 Å². The molecule has 0 N–H and O–H groups in total. The molecular formula is C14H15BrN2OS. The van der Waals surface area contributed by atoms with Gasteiger partial charge >= 0.3 is 0 Å². The van der Waals surface area contributed by atoms with Gasteiger partial charge in [0.2, 0.25) is 0 Å². The van der Waals surface area contributed by atoms with Gasteiger partial charge in [0, 0.05) is 28.1 Å². The highest BCUT2D eigenvalue weighted by Gasteiger charge is 2.09. The number of nitrogens with zero attached hydrogens (tertiary/aromatic N) is 2. The minimum absolute atomic E-state index is 0.0276. The first-order chi connectivity index (χ1) is 9.01. The quantitative estimate of drug-likeness (QED) is 0.617. The minimum Gasteiger partial charge on any atom is -0.289 e. The maximum Gasteiger partial charge on any atom is 0.187 e. The van der Waals surface area contributed by atoms with Crippen LogP contribution < -0.4 is 0 Å². The summed E-state index contributed by atoms with van der Waals surface area (Å²) in [5.74, 6) is 0.0276. The molecule has 100 valence electrons. The second-order valence-electron chi connectivity index (χ2n) is 4.24. The van der Waals surface area contributed by atoms with Crippen LogP contribution in [0.5, 0.6) is 0 Å². The highest BCUT2D eigenvalue weighted by Crippen LogP contribution is 2.22. The van der Waals surface area contributed by atoms with Crippen molar-refractivity contribution in [2.75, 3.05) is 0 Å². The van der Waals surface area contributed by atoms with Gasteiger partial charge in [0.05, 0.1) is 10.2 Å². The second kappa shape index (κ2) is 5.84. The molecule has 0 saturated heterocycles. The summed E-state index contributed by atoms with van der Waals surface area (Å²) < 4.78 is 2.73. The van der Waals surface area contributed by atoms with E-state index in [2.05, 4.69) is 21.0 Å². The fourth-order valence-electron chi connectivity index (χ4n) is 1.81. The average molecular weight is 339 g/mol. The maximum absolute atomic E-state index is 12.1. The Morgan fingerprint density at radius 3 is 2.79 bits per heavy atom. The molecule has 19 heavy (non-hydrogen) atoms. The number of hydrogen-bond donors (Lipinski definition) is 0. The van der Waals surface area contributed by atoms with Crippen LogP contribution >= 0.6 is 27.3 Å². The van der Waals surface area contributed by atoms with Gasteiger partial charge in [0.25, 0.3) is 0 Å². The van der Waals surface area contributed by atoms with E-state index in [1.54, 1.807) is 23.5 Å². The van der Waals surface area contributed by atoms with Crippen LogP contribution in [0.25, 0.3) is 6.08 Å². The lowest BCUT2D eigenvalue weighted by molar-refractivity contribution is 0.104. The van der Waals surface area contributed by atoms with Gasteiger partial charge in [-0.1, -0.05) is 0 Å². The molecule has 3 nitrogen and oxygen atoms in total. The van der Waals surface area contributed by atoms with Crippen molar-refractivity contribution in [3.05, 3.63) is 43.8 Å². The lowest BCUT2D eigenvalue weighted by Crippen LogP contribution is -1.95. The van der Waals surface area contributed by atoms with Crippen molar-refractivity contribution in [2.24, 2.45) is 0 Å². The fraction of sp³-hybridized carbons (Fsp3) is 0.286. The normalized spacial score (nSPS) is 11.4. The zero-order valence-corrected chi connectivity index (χ0v) is 13.5. The molecule has 5 heteroatoms. The molecule has 0 unspecified atom stereocenters. The Balaban J connectivity index is 2.20. The molecule has 0 amide bonds. The summed E-state index contributed by atoms with van der Waals surface area (Å²) in [5, 5.41) is 4.35. The van der Waals surface area contributed by atoms with Crippen molar-refractivity contribution in [1.82, 2.24) is 9.78 Å². The van der Waals surface area contributed by atoms with E-state index in [9.17, 15) is 4.79 Å². The molecule has 0 saturated carbocycles.